The van der Waals surface area contributed by atoms with E-state index in [1.54, 1.807) is 24.3 Å². The van der Waals surface area contributed by atoms with Crippen LogP contribution in [0.1, 0.15) is 39.4 Å². The fraction of sp³-hybridized carbons (Fsp3) is 0.240. The second kappa shape index (κ2) is 8.28. The van der Waals surface area contributed by atoms with Gasteiger partial charge in [-0.2, -0.15) is 0 Å². The number of nitrogens with one attached hydrogen (secondary N) is 1. The van der Waals surface area contributed by atoms with E-state index >= 15 is 0 Å². The minimum absolute atomic E-state index is 0.0708. The Bertz CT molecular complexity index is 1040. The average Bonchev–Trinajstić information content (AvgIpc) is 3.50. The quantitative estimate of drug-likeness (QED) is 0.556. The Labute approximate surface area is 175 Å². The highest BCUT2D eigenvalue weighted by molar-refractivity contribution is 5.97. The van der Waals surface area contributed by atoms with E-state index in [9.17, 15) is 19.4 Å². The lowest BCUT2D eigenvalue weighted by Crippen LogP contribution is -2.33. The predicted octanol–water partition coefficient (Wildman–Crippen LogP) is 4.02. The van der Waals surface area contributed by atoms with Crippen molar-refractivity contribution < 1.29 is 19.4 Å². The third-order valence-electron chi connectivity index (χ3n) is 5.93. The van der Waals surface area contributed by atoms with E-state index in [2.05, 4.69) is 5.32 Å². The molecule has 4 nitrogen and oxygen atoms in total. The molecule has 1 aliphatic rings. The SMILES string of the molecule is O=C(NCC1(CO)CC1c1ccc(F)cc1)c1cc(Cc2ccccc2)ccc1O. The minimum Gasteiger partial charge on any atom is -0.507 e. The van der Waals surface area contributed by atoms with E-state index in [4.69, 9.17) is 0 Å². The number of rotatable bonds is 7. The number of hydrogen-bond acceptors (Lipinski definition) is 3. The highest BCUT2D eigenvalue weighted by Gasteiger charge is 2.54. The smallest absolute Gasteiger partial charge is 0.255 e. The number of aliphatic hydroxyl groups excluding tert-OH is 1. The summed E-state index contributed by atoms with van der Waals surface area (Å²) in [5, 5.41) is 23.0. The second-order valence-electron chi connectivity index (χ2n) is 8.03. The molecule has 0 heterocycles. The number of carbonyl (C=O) groups is 1. The van der Waals surface area contributed by atoms with Crippen molar-refractivity contribution in [3.8, 4) is 5.75 Å². The van der Waals surface area contributed by atoms with Gasteiger partial charge in [0.15, 0.2) is 0 Å². The highest BCUT2D eigenvalue weighted by Crippen LogP contribution is 2.58. The van der Waals surface area contributed by atoms with Gasteiger partial charge >= 0.3 is 0 Å². The first kappa shape index (κ1) is 20.1. The summed E-state index contributed by atoms with van der Waals surface area (Å²) >= 11 is 0. The van der Waals surface area contributed by atoms with Crippen LogP contribution in [0.2, 0.25) is 0 Å². The Morgan fingerprint density at radius 1 is 1.03 bits per heavy atom. The number of phenols is 1. The summed E-state index contributed by atoms with van der Waals surface area (Å²) in [6.45, 7) is 0.210. The number of carbonyl (C=O) groups excluding carboxylic acids is 1. The van der Waals surface area contributed by atoms with Crippen LogP contribution in [-0.2, 0) is 6.42 Å². The molecule has 30 heavy (non-hydrogen) atoms. The Morgan fingerprint density at radius 2 is 1.77 bits per heavy atom. The lowest BCUT2D eigenvalue weighted by atomic mass is 9.99. The van der Waals surface area contributed by atoms with Crippen molar-refractivity contribution in [2.45, 2.75) is 18.8 Å². The monoisotopic (exact) mass is 405 g/mol. The molecule has 3 aromatic carbocycles. The van der Waals surface area contributed by atoms with Gasteiger partial charge in [-0.15, -0.1) is 0 Å². The Hall–Kier alpha value is -3.18. The highest BCUT2D eigenvalue weighted by atomic mass is 19.1. The van der Waals surface area contributed by atoms with Crippen molar-refractivity contribution in [1.82, 2.24) is 5.32 Å². The van der Waals surface area contributed by atoms with Crippen molar-refractivity contribution >= 4 is 5.91 Å². The third kappa shape index (κ3) is 4.21. The minimum atomic E-state index is -0.454. The fourth-order valence-corrected chi connectivity index (χ4v) is 4.00. The molecule has 154 valence electrons. The van der Waals surface area contributed by atoms with Gasteiger partial charge in [0.2, 0.25) is 0 Å². The van der Waals surface area contributed by atoms with Crippen LogP contribution in [0.15, 0.2) is 72.8 Å². The molecule has 2 unspecified atom stereocenters. The van der Waals surface area contributed by atoms with E-state index < -0.39 is 5.41 Å². The van der Waals surface area contributed by atoms with Gasteiger partial charge in [0.25, 0.3) is 5.91 Å². The van der Waals surface area contributed by atoms with Crippen LogP contribution in [0.4, 0.5) is 4.39 Å². The molecule has 2 atom stereocenters. The van der Waals surface area contributed by atoms with Crippen molar-refractivity contribution in [1.29, 1.82) is 0 Å². The molecule has 5 heteroatoms. The van der Waals surface area contributed by atoms with E-state index in [-0.39, 0.29) is 42.1 Å². The standard InChI is InChI=1S/C25H24FNO3/c26-20-9-7-19(8-10-20)22-14-25(22,16-28)15-27-24(30)21-13-18(6-11-23(21)29)12-17-4-2-1-3-5-17/h1-11,13,22,28-29H,12,14-16H2,(H,27,30). The van der Waals surface area contributed by atoms with Crippen molar-refractivity contribution in [2.75, 3.05) is 13.2 Å². The van der Waals surface area contributed by atoms with Gasteiger partial charge in [-0.25, -0.2) is 4.39 Å². The normalized spacial score (nSPS) is 20.0. The molecule has 0 aliphatic heterocycles. The van der Waals surface area contributed by atoms with Crippen molar-refractivity contribution in [3.05, 3.63) is 101 Å². The number of halogens is 1. The lowest BCUT2D eigenvalue weighted by Gasteiger charge is -2.16. The van der Waals surface area contributed by atoms with E-state index in [1.165, 1.54) is 18.2 Å². The molecular weight excluding hydrogens is 381 g/mol. The maximum absolute atomic E-state index is 13.2. The summed E-state index contributed by atoms with van der Waals surface area (Å²) in [4.78, 5) is 12.7. The van der Waals surface area contributed by atoms with Crippen LogP contribution in [0, 0.1) is 11.2 Å². The van der Waals surface area contributed by atoms with Gasteiger partial charge in [0.05, 0.1) is 12.2 Å². The van der Waals surface area contributed by atoms with E-state index in [0.717, 1.165) is 23.1 Å². The van der Waals surface area contributed by atoms with E-state index in [0.29, 0.717) is 6.42 Å². The molecule has 0 aromatic heterocycles. The molecule has 0 bridgehead atoms. The zero-order valence-corrected chi connectivity index (χ0v) is 16.5. The van der Waals surface area contributed by atoms with Crippen molar-refractivity contribution in [2.24, 2.45) is 5.41 Å². The van der Waals surface area contributed by atoms with Crippen LogP contribution in [0.3, 0.4) is 0 Å². The number of benzene rings is 3. The lowest BCUT2D eigenvalue weighted by molar-refractivity contribution is 0.0931. The Kier molecular flexibility index (Phi) is 5.55. The van der Waals surface area contributed by atoms with E-state index in [1.807, 2.05) is 30.3 Å². The summed E-state index contributed by atoms with van der Waals surface area (Å²) in [7, 11) is 0. The van der Waals surface area contributed by atoms with Crippen LogP contribution in [0.5, 0.6) is 5.75 Å². The Morgan fingerprint density at radius 3 is 2.47 bits per heavy atom. The first-order valence-corrected chi connectivity index (χ1v) is 10.0. The molecule has 1 amide bonds. The number of aromatic hydroxyl groups is 1. The molecule has 0 saturated heterocycles. The predicted molar refractivity (Wildman–Crippen MR) is 113 cm³/mol. The summed E-state index contributed by atoms with van der Waals surface area (Å²) in [5.41, 5.74) is 2.76. The molecule has 3 aromatic rings. The summed E-state index contributed by atoms with van der Waals surface area (Å²) < 4.78 is 13.2. The summed E-state index contributed by atoms with van der Waals surface area (Å²) in [5.74, 6) is -0.678. The molecule has 1 saturated carbocycles. The molecule has 4 rings (SSSR count). The molecule has 1 aliphatic carbocycles. The van der Waals surface area contributed by atoms with Gasteiger partial charge in [-0.1, -0.05) is 48.5 Å². The zero-order valence-electron chi connectivity index (χ0n) is 16.5. The number of amides is 1. The first-order chi connectivity index (χ1) is 14.5. The maximum Gasteiger partial charge on any atom is 0.255 e. The van der Waals surface area contributed by atoms with Crippen LogP contribution < -0.4 is 5.32 Å². The topological polar surface area (TPSA) is 69.6 Å². The molecular formula is C25H24FNO3. The average molecular weight is 405 g/mol. The third-order valence-corrected chi connectivity index (χ3v) is 5.93. The number of hydrogen-bond donors (Lipinski definition) is 3. The second-order valence-corrected chi connectivity index (χ2v) is 8.03. The zero-order chi connectivity index (χ0) is 21.1. The molecule has 1 fully saturated rings. The van der Waals surface area contributed by atoms with Gasteiger partial charge < -0.3 is 15.5 Å². The molecule has 0 spiro atoms. The van der Waals surface area contributed by atoms with Crippen LogP contribution in [0.25, 0.3) is 0 Å². The molecule has 0 radical (unpaired) electrons. The fourth-order valence-electron chi connectivity index (χ4n) is 4.00. The van der Waals surface area contributed by atoms with Gasteiger partial charge in [-0.3, -0.25) is 4.79 Å². The number of phenolic OH excluding ortho intramolecular Hbond substituents is 1. The first-order valence-electron chi connectivity index (χ1n) is 10.0. The largest absolute Gasteiger partial charge is 0.507 e. The maximum atomic E-state index is 13.2. The van der Waals surface area contributed by atoms with Gasteiger partial charge in [0.1, 0.15) is 11.6 Å². The molecule has 3 N–H and O–H groups in total. The Balaban J connectivity index is 1.43. The summed E-state index contributed by atoms with van der Waals surface area (Å²) in [6.07, 6.45) is 1.38. The summed E-state index contributed by atoms with van der Waals surface area (Å²) in [6, 6.07) is 21.2. The van der Waals surface area contributed by atoms with Crippen LogP contribution >= 0.6 is 0 Å². The van der Waals surface area contributed by atoms with Gasteiger partial charge in [-0.05, 0) is 59.7 Å². The number of aliphatic hydroxyl groups is 1. The van der Waals surface area contributed by atoms with Gasteiger partial charge in [0, 0.05) is 12.0 Å². The van der Waals surface area contributed by atoms with Crippen LogP contribution in [-0.4, -0.2) is 29.3 Å². The van der Waals surface area contributed by atoms with Crippen molar-refractivity contribution in [3.63, 3.8) is 0 Å².